The third kappa shape index (κ3) is 19.3. The second-order valence-electron chi connectivity index (χ2n) is 7.03. The Morgan fingerprint density at radius 3 is 1.86 bits per heavy atom. The molecule has 0 saturated heterocycles. The third-order valence-electron chi connectivity index (χ3n) is 4.52. The van der Waals surface area contributed by atoms with E-state index in [0.717, 1.165) is 0 Å². The molecule has 0 heterocycles. The van der Waals surface area contributed by atoms with Crippen molar-refractivity contribution in [3.63, 3.8) is 0 Å². The van der Waals surface area contributed by atoms with Crippen molar-refractivity contribution in [3.05, 3.63) is 42.5 Å². The number of azo groups is 1. The molecule has 0 bridgehead atoms. The van der Waals surface area contributed by atoms with Gasteiger partial charge in [0.05, 0.1) is 41.8 Å². The van der Waals surface area contributed by atoms with E-state index < -0.39 is 32.6 Å². The van der Waals surface area contributed by atoms with E-state index in [2.05, 4.69) is 33.2 Å². The first kappa shape index (κ1) is 46.0. The predicted octanol–water partition coefficient (Wildman–Crippen LogP) is -8.64. The van der Waals surface area contributed by atoms with E-state index in [-0.39, 0.29) is 126 Å². The van der Waals surface area contributed by atoms with E-state index in [1.54, 1.807) is 23.1 Å². The predicted molar refractivity (Wildman–Crippen MR) is 133 cm³/mol. The molecule has 25 heteroatoms. The summed E-state index contributed by atoms with van der Waals surface area (Å²) in [6.07, 6.45) is 0. The van der Waals surface area contributed by atoms with Gasteiger partial charge < -0.3 is 25.7 Å². The summed E-state index contributed by atoms with van der Waals surface area (Å²) in [5.74, 6) is -0.712. The van der Waals surface area contributed by atoms with Gasteiger partial charge in [-0.3, -0.25) is 22.6 Å². The van der Waals surface area contributed by atoms with Crippen molar-refractivity contribution in [2.75, 3.05) is 49.3 Å². The van der Waals surface area contributed by atoms with Gasteiger partial charge in [-0.25, -0.2) is 16.8 Å². The minimum Gasteiger partial charge on any atom is -0.726 e. The summed E-state index contributed by atoms with van der Waals surface area (Å²) in [4.78, 5) is 1.65. The van der Waals surface area contributed by atoms with Crippen molar-refractivity contribution in [1.29, 1.82) is 0 Å². The molecule has 0 aromatic heterocycles. The first-order valence-corrected chi connectivity index (χ1v) is 14.9. The Morgan fingerprint density at radius 2 is 1.37 bits per heavy atom. The molecule has 43 heavy (non-hydrogen) atoms. The Hall–Kier alpha value is 0.840. The average molecular weight is 715 g/mol. The van der Waals surface area contributed by atoms with Crippen molar-refractivity contribution in [1.82, 2.24) is 0 Å². The summed E-state index contributed by atoms with van der Waals surface area (Å²) in [5.41, 5.74) is 7.59. The maximum Gasteiger partial charge on any atom is 1.00 e. The Morgan fingerprint density at radius 1 is 0.814 bits per heavy atom. The molecule has 0 unspecified atom stereocenters. The SMILES string of the molecule is Nc1cc(N(CCOSOO[O-])CCOSOO[O-])ccc1N=Nc1ccc(S(=O)(=O)CCOS(=O)(=O)[O-])cc1.[Na+].[Na+].[Na+]. The van der Waals surface area contributed by atoms with Crippen LogP contribution in [0.15, 0.2) is 57.6 Å². The van der Waals surface area contributed by atoms with Gasteiger partial charge in [-0.05, 0) is 42.5 Å². The summed E-state index contributed by atoms with van der Waals surface area (Å²) in [6.45, 7) is -0.0403. The van der Waals surface area contributed by atoms with E-state index in [1.165, 1.54) is 24.3 Å². The molecule has 18 nitrogen and oxygen atoms in total. The van der Waals surface area contributed by atoms with Crippen LogP contribution in [-0.2, 0) is 51.5 Å². The van der Waals surface area contributed by atoms with Crippen molar-refractivity contribution in [3.8, 4) is 0 Å². The largest absolute Gasteiger partial charge is 1.00 e. The molecule has 224 valence electrons. The van der Waals surface area contributed by atoms with Crippen molar-refractivity contribution < 1.29 is 152 Å². The molecule has 2 rings (SSSR count). The summed E-state index contributed by atoms with van der Waals surface area (Å²) in [7, 11) is -8.91. The molecule has 2 aromatic carbocycles. The number of nitrogen functional groups attached to an aromatic ring is 1. The molecule has 0 aliphatic carbocycles. The van der Waals surface area contributed by atoms with Crippen LogP contribution in [0.2, 0.25) is 0 Å². The average Bonchev–Trinajstić information content (AvgIpc) is 2.90. The van der Waals surface area contributed by atoms with Crippen LogP contribution in [0.1, 0.15) is 0 Å². The molecule has 2 N–H and O–H groups in total. The number of anilines is 2. The molecule has 0 amide bonds. The third-order valence-corrected chi connectivity index (χ3v) is 7.42. The van der Waals surface area contributed by atoms with Gasteiger partial charge in [0.15, 0.2) is 34.5 Å². The van der Waals surface area contributed by atoms with Gasteiger partial charge in [0.1, 0.15) is 5.69 Å². The minimum atomic E-state index is -5.00. The fraction of sp³-hybridized carbons (Fsp3) is 0.333. The smallest absolute Gasteiger partial charge is 0.726 e. The Labute approximate surface area is 322 Å². The molecule has 0 aliphatic rings. The van der Waals surface area contributed by atoms with Gasteiger partial charge in [0.25, 0.3) is 0 Å². The first-order valence-electron chi connectivity index (χ1n) is 10.5. The molecule has 0 aliphatic heterocycles. The summed E-state index contributed by atoms with van der Waals surface area (Å²) < 4.78 is 77.9. The topological polar surface area (TPSA) is 256 Å². The normalized spacial score (nSPS) is 11.4. The molecular formula is C18H21N4Na3O14S4. The fourth-order valence-electron chi connectivity index (χ4n) is 2.82. The van der Waals surface area contributed by atoms with Gasteiger partial charge in [-0.15, -0.1) is 13.8 Å². The van der Waals surface area contributed by atoms with Gasteiger partial charge in [0, 0.05) is 18.8 Å². The van der Waals surface area contributed by atoms with Crippen LogP contribution >= 0.6 is 24.6 Å². The van der Waals surface area contributed by atoms with E-state index in [9.17, 15) is 31.9 Å². The minimum absolute atomic E-state index is 0. The quantitative estimate of drug-likeness (QED) is 0.0154. The van der Waals surface area contributed by atoms with Crippen LogP contribution in [0, 0.1) is 0 Å². The van der Waals surface area contributed by atoms with Crippen LogP contribution in [0.5, 0.6) is 0 Å². The zero-order valence-corrected chi connectivity index (χ0v) is 32.3. The number of nitrogens with two attached hydrogens (primary N) is 1. The molecule has 0 saturated carbocycles. The monoisotopic (exact) mass is 714 g/mol. The van der Waals surface area contributed by atoms with Gasteiger partial charge in [-0.1, -0.05) is 0 Å². The molecule has 0 spiro atoms. The first-order chi connectivity index (χ1) is 19.1. The van der Waals surface area contributed by atoms with Crippen LogP contribution in [0.3, 0.4) is 0 Å². The van der Waals surface area contributed by atoms with Crippen molar-refractivity contribution in [2.45, 2.75) is 4.90 Å². The molecule has 0 atom stereocenters. The Kier molecular flexibility index (Phi) is 26.7. The summed E-state index contributed by atoms with van der Waals surface area (Å²) >= 11 is 0.699. The standard InChI is InChI=1S/C18H24N4O14S4.3Na/c19-17-13-15(22(7-9-30-37-35-33-23)8-10-31-38-36-34-24)3-6-18(17)21-20-14-1-4-16(5-2-14)39(25,26)12-11-32-40(27,28)29;;;/h1-6,13,23-24H,7-12,19H2,(H,27,28,29);;;/q;3*+1/p-3. The fourth-order valence-corrected chi connectivity index (χ4v) is 4.71. The number of nitrogens with zero attached hydrogens (tertiary/aromatic N) is 3. The van der Waals surface area contributed by atoms with E-state index >= 15 is 0 Å². The van der Waals surface area contributed by atoms with E-state index in [4.69, 9.17) is 14.1 Å². The maximum absolute atomic E-state index is 12.2. The number of rotatable bonds is 20. The van der Waals surface area contributed by atoms with Crippen LogP contribution in [0.4, 0.5) is 22.7 Å². The number of benzene rings is 2. The number of hydrogen-bond donors (Lipinski definition) is 1. The van der Waals surface area contributed by atoms with Gasteiger partial charge in [0.2, 0.25) is 10.4 Å². The number of sulfone groups is 1. The van der Waals surface area contributed by atoms with Gasteiger partial charge >= 0.3 is 88.7 Å². The Bertz CT molecular complexity index is 1280. The zero-order chi connectivity index (χ0) is 29.4. The van der Waals surface area contributed by atoms with Gasteiger partial charge in [-0.2, -0.15) is 5.11 Å². The second kappa shape index (κ2) is 24.9. The van der Waals surface area contributed by atoms with E-state index in [0.29, 0.717) is 41.7 Å². The van der Waals surface area contributed by atoms with Crippen LogP contribution in [-0.4, -0.2) is 60.1 Å². The molecule has 2 aromatic rings. The maximum atomic E-state index is 12.2. The second-order valence-corrected chi connectivity index (χ2v) is 11.2. The van der Waals surface area contributed by atoms with E-state index in [1.807, 2.05) is 0 Å². The molecular weight excluding hydrogens is 693 g/mol. The summed E-state index contributed by atoms with van der Waals surface area (Å²) in [6, 6.07) is 10.1. The van der Waals surface area contributed by atoms with Crippen molar-refractivity contribution in [2.24, 2.45) is 10.2 Å². The number of hydrogen-bond acceptors (Lipinski definition) is 20. The van der Waals surface area contributed by atoms with Crippen LogP contribution in [0.25, 0.3) is 0 Å². The van der Waals surface area contributed by atoms with Crippen molar-refractivity contribution >= 4 is 67.6 Å². The zero-order valence-electron chi connectivity index (χ0n) is 23.1. The van der Waals surface area contributed by atoms with Crippen LogP contribution < -0.4 is 110 Å². The Balaban J connectivity index is 0. The molecule has 0 fully saturated rings. The summed E-state index contributed by atoms with van der Waals surface area (Å²) in [5, 5.41) is 34.1. The molecule has 0 radical (unpaired) electrons.